The van der Waals surface area contributed by atoms with Gasteiger partial charge in [-0.15, -0.1) is 11.3 Å². The number of rotatable bonds is 10. The van der Waals surface area contributed by atoms with E-state index in [2.05, 4.69) is 10.6 Å². The van der Waals surface area contributed by atoms with E-state index in [0.29, 0.717) is 21.3 Å². The number of aliphatic carboxylic acids is 1. The van der Waals surface area contributed by atoms with E-state index >= 15 is 0 Å². The SMILES string of the molecule is CC(C)(C)OC(=O)NCCC[C@H](NC(=O)c1ccc(C(c2cccc(Cl)c2)c2cccc(Cl)c2)s1)C(=O)O. The quantitative estimate of drug-likeness (QED) is 0.232. The van der Waals surface area contributed by atoms with Crippen molar-refractivity contribution in [3.8, 4) is 0 Å². The lowest BCUT2D eigenvalue weighted by Crippen LogP contribution is -2.41. The molecule has 1 aromatic heterocycles. The molecular weight excluding hydrogens is 547 g/mol. The molecule has 3 aromatic rings. The summed E-state index contributed by atoms with van der Waals surface area (Å²) in [6, 6.07) is 17.4. The molecule has 0 fully saturated rings. The first kappa shape index (κ1) is 29.5. The lowest BCUT2D eigenvalue weighted by Gasteiger charge is -2.20. The van der Waals surface area contributed by atoms with Crippen LogP contribution < -0.4 is 10.6 Å². The monoisotopic (exact) mass is 576 g/mol. The van der Waals surface area contributed by atoms with Crippen LogP contribution in [0, 0.1) is 0 Å². The molecular formula is C28H30Cl2N2O5S. The molecule has 0 spiro atoms. The zero-order chi connectivity index (χ0) is 27.9. The molecule has 1 atom stereocenters. The minimum atomic E-state index is -1.15. The highest BCUT2D eigenvalue weighted by molar-refractivity contribution is 7.14. The van der Waals surface area contributed by atoms with E-state index in [4.69, 9.17) is 27.9 Å². The average molecular weight is 578 g/mol. The first-order valence-corrected chi connectivity index (χ1v) is 13.6. The fourth-order valence-corrected chi connectivity index (χ4v) is 5.29. The molecule has 0 unspecified atom stereocenters. The molecule has 10 heteroatoms. The summed E-state index contributed by atoms with van der Waals surface area (Å²) >= 11 is 13.8. The zero-order valence-electron chi connectivity index (χ0n) is 21.3. The van der Waals surface area contributed by atoms with Gasteiger partial charge in [0.1, 0.15) is 11.6 Å². The van der Waals surface area contributed by atoms with Crippen LogP contribution in [-0.4, -0.2) is 41.3 Å². The van der Waals surface area contributed by atoms with Gasteiger partial charge in [-0.3, -0.25) is 4.79 Å². The van der Waals surface area contributed by atoms with Gasteiger partial charge in [-0.2, -0.15) is 0 Å². The second kappa shape index (κ2) is 13.1. The molecule has 202 valence electrons. The van der Waals surface area contributed by atoms with Crippen molar-refractivity contribution in [1.29, 1.82) is 0 Å². The molecule has 38 heavy (non-hydrogen) atoms. The van der Waals surface area contributed by atoms with E-state index in [1.165, 1.54) is 11.3 Å². The van der Waals surface area contributed by atoms with Crippen LogP contribution in [0.5, 0.6) is 0 Å². The van der Waals surface area contributed by atoms with Crippen molar-refractivity contribution in [2.75, 3.05) is 6.54 Å². The Balaban J connectivity index is 1.70. The maximum absolute atomic E-state index is 13.0. The predicted octanol–water partition coefficient (Wildman–Crippen LogP) is 6.72. The Bertz CT molecular complexity index is 1240. The topological polar surface area (TPSA) is 105 Å². The Morgan fingerprint density at radius 1 is 0.974 bits per heavy atom. The molecule has 0 radical (unpaired) electrons. The summed E-state index contributed by atoms with van der Waals surface area (Å²) in [7, 11) is 0. The standard InChI is InChI=1S/C28H30Cl2N2O5S/c1-28(2,3)37-27(36)31-14-6-11-21(26(34)35)32-25(33)23-13-12-22(38-23)24(17-7-4-9-19(29)15-17)18-8-5-10-20(30)16-18/h4-5,7-10,12-13,15-16,21,24H,6,11,14H2,1-3H3,(H,31,36)(H,32,33)(H,34,35)/t21-/m0/s1. The molecule has 0 saturated carbocycles. The molecule has 0 bridgehead atoms. The number of carboxylic acid groups (broad SMARTS) is 1. The van der Waals surface area contributed by atoms with Crippen molar-refractivity contribution in [1.82, 2.24) is 10.6 Å². The Labute approximate surface area is 236 Å². The Morgan fingerprint density at radius 2 is 1.58 bits per heavy atom. The number of alkyl carbamates (subject to hydrolysis) is 1. The number of hydrogen-bond donors (Lipinski definition) is 3. The largest absolute Gasteiger partial charge is 0.480 e. The summed E-state index contributed by atoms with van der Waals surface area (Å²) in [6.07, 6.45) is -0.0888. The first-order chi connectivity index (χ1) is 17.9. The molecule has 2 aromatic carbocycles. The lowest BCUT2D eigenvalue weighted by molar-refractivity contribution is -0.139. The van der Waals surface area contributed by atoms with Crippen molar-refractivity contribution >= 4 is 52.5 Å². The van der Waals surface area contributed by atoms with Gasteiger partial charge in [0.05, 0.1) is 4.88 Å². The number of carbonyl (C=O) groups is 3. The van der Waals surface area contributed by atoms with Crippen molar-refractivity contribution < 1.29 is 24.2 Å². The van der Waals surface area contributed by atoms with E-state index in [-0.39, 0.29) is 18.9 Å². The highest BCUT2D eigenvalue weighted by atomic mass is 35.5. The summed E-state index contributed by atoms with van der Waals surface area (Å²) in [4.78, 5) is 37.8. The molecule has 7 nitrogen and oxygen atoms in total. The van der Waals surface area contributed by atoms with E-state index in [1.54, 1.807) is 39.0 Å². The second-order valence-electron chi connectivity index (χ2n) is 9.68. The van der Waals surface area contributed by atoms with E-state index in [9.17, 15) is 19.5 Å². The highest BCUT2D eigenvalue weighted by Gasteiger charge is 2.24. The number of hydrogen-bond acceptors (Lipinski definition) is 5. The average Bonchev–Trinajstić information content (AvgIpc) is 3.30. The summed E-state index contributed by atoms with van der Waals surface area (Å²) in [5.74, 6) is -1.85. The van der Waals surface area contributed by atoms with Crippen LogP contribution in [0.2, 0.25) is 10.0 Å². The van der Waals surface area contributed by atoms with Gasteiger partial charge in [0.25, 0.3) is 5.91 Å². The number of benzene rings is 2. The fraction of sp³-hybridized carbons (Fsp3) is 0.321. The van der Waals surface area contributed by atoms with Gasteiger partial charge >= 0.3 is 12.1 Å². The molecule has 0 saturated heterocycles. The van der Waals surface area contributed by atoms with Crippen LogP contribution in [0.25, 0.3) is 0 Å². The number of carboxylic acids is 1. The van der Waals surface area contributed by atoms with Gasteiger partial charge < -0.3 is 20.5 Å². The number of ether oxygens (including phenoxy) is 1. The second-order valence-corrected chi connectivity index (χ2v) is 11.7. The van der Waals surface area contributed by atoms with Crippen LogP contribution in [0.15, 0.2) is 60.7 Å². The van der Waals surface area contributed by atoms with E-state index in [0.717, 1.165) is 16.0 Å². The van der Waals surface area contributed by atoms with Gasteiger partial charge in [0.15, 0.2) is 0 Å². The summed E-state index contributed by atoms with van der Waals surface area (Å²) in [5, 5.41) is 16.0. The molecule has 0 aliphatic rings. The van der Waals surface area contributed by atoms with Gasteiger partial charge in [-0.1, -0.05) is 47.5 Å². The minimum Gasteiger partial charge on any atom is -0.480 e. The Kier molecular flexibility index (Phi) is 10.2. The first-order valence-electron chi connectivity index (χ1n) is 12.0. The number of thiophene rings is 1. The predicted molar refractivity (Wildman–Crippen MR) is 151 cm³/mol. The molecule has 3 N–H and O–H groups in total. The molecule has 0 aliphatic carbocycles. The third-order valence-electron chi connectivity index (χ3n) is 5.44. The van der Waals surface area contributed by atoms with Crippen LogP contribution in [0.1, 0.15) is 65.2 Å². The van der Waals surface area contributed by atoms with Crippen molar-refractivity contribution in [3.05, 3.63) is 91.6 Å². The Morgan fingerprint density at radius 3 is 2.11 bits per heavy atom. The fourth-order valence-electron chi connectivity index (χ4n) is 3.82. The van der Waals surface area contributed by atoms with Crippen molar-refractivity contribution in [2.24, 2.45) is 0 Å². The van der Waals surface area contributed by atoms with Gasteiger partial charge in [-0.25, -0.2) is 9.59 Å². The van der Waals surface area contributed by atoms with E-state index in [1.807, 2.05) is 42.5 Å². The van der Waals surface area contributed by atoms with Gasteiger partial charge in [-0.05, 0) is 81.1 Å². The Hall–Kier alpha value is -3.07. The minimum absolute atomic E-state index is 0.142. The van der Waals surface area contributed by atoms with Crippen LogP contribution in [-0.2, 0) is 9.53 Å². The van der Waals surface area contributed by atoms with Crippen molar-refractivity contribution in [3.63, 3.8) is 0 Å². The number of halogens is 2. The number of amides is 2. The van der Waals surface area contributed by atoms with Gasteiger partial charge in [0, 0.05) is 27.4 Å². The summed E-state index contributed by atoms with van der Waals surface area (Å²) in [6.45, 7) is 5.49. The normalized spacial score (nSPS) is 12.2. The third kappa shape index (κ3) is 8.75. The maximum Gasteiger partial charge on any atom is 0.407 e. The maximum atomic E-state index is 13.0. The summed E-state index contributed by atoms with van der Waals surface area (Å²) < 4.78 is 5.16. The van der Waals surface area contributed by atoms with E-state index < -0.39 is 29.6 Å². The molecule has 0 aliphatic heterocycles. The van der Waals surface area contributed by atoms with Crippen LogP contribution in [0.4, 0.5) is 4.79 Å². The molecule has 1 heterocycles. The molecule has 3 rings (SSSR count). The third-order valence-corrected chi connectivity index (χ3v) is 7.06. The van der Waals surface area contributed by atoms with Crippen LogP contribution in [0.3, 0.4) is 0 Å². The number of carbonyl (C=O) groups excluding carboxylic acids is 2. The van der Waals surface area contributed by atoms with Crippen molar-refractivity contribution in [2.45, 2.75) is 51.2 Å². The summed E-state index contributed by atoms with van der Waals surface area (Å²) in [5.41, 5.74) is 1.25. The van der Waals surface area contributed by atoms with Crippen LogP contribution >= 0.6 is 34.5 Å². The molecule has 2 amide bonds. The number of nitrogens with one attached hydrogen (secondary N) is 2. The smallest absolute Gasteiger partial charge is 0.407 e. The highest BCUT2D eigenvalue weighted by Crippen LogP contribution is 2.37. The van der Waals surface area contributed by atoms with Gasteiger partial charge in [0.2, 0.25) is 0 Å². The zero-order valence-corrected chi connectivity index (χ0v) is 23.6. The lowest BCUT2D eigenvalue weighted by atomic mass is 9.90.